The second kappa shape index (κ2) is 10.8. The molecule has 0 aliphatic carbocycles. The molecule has 154 valence electrons. The highest BCUT2D eigenvalue weighted by atomic mass is 19.1. The van der Waals surface area contributed by atoms with E-state index < -0.39 is 24.3 Å². The third kappa shape index (κ3) is 6.74. The molecule has 0 fully saturated rings. The molecular formula is C24H22FNO4. The molecule has 0 unspecified atom stereocenters. The van der Waals surface area contributed by atoms with Crippen molar-refractivity contribution in [1.29, 1.82) is 0 Å². The summed E-state index contributed by atoms with van der Waals surface area (Å²) in [6.07, 6.45) is 0.609. The molecule has 0 spiro atoms. The quantitative estimate of drug-likeness (QED) is 0.548. The van der Waals surface area contributed by atoms with Gasteiger partial charge in [-0.15, -0.1) is 0 Å². The normalized spacial score (nSPS) is 11.4. The van der Waals surface area contributed by atoms with Crippen LogP contribution in [0, 0.1) is 5.82 Å². The van der Waals surface area contributed by atoms with Crippen LogP contribution < -0.4 is 10.1 Å². The molecule has 3 rings (SSSR count). The first-order chi connectivity index (χ1) is 14.6. The van der Waals surface area contributed by atoms with E-state index in [1.54, 1.807) is 0 Å². The van der Waals surface area contributed by atoms with E-state index >= 15 is 0 Å². The van der Waals surface area contributed by atoms with E-state index in [0.717, 1.165) is 11.1 Å². The number of amides is 1. The summed E-state index contributed by atoms with van der Waals surface area (Å²) >= 11 is 0. The topological polar surface area (TPSA) is 64.6 Å². The van der Waals surface area contributed by atoms with Crippen LogP contribution in [0.4, 0.5) is 4.39 Å². The van der Waals surface area contributed by atoms with Gasteiger partial charge in [-0.2, -0.15) is 0 Å². The SMILES string of the molecule is O=C(COC(=O)COc1ccc(F)cc1)N[C@@H](Cc1ccccc1)c1ccccc1. The number of benzene rings is 3. The van der Waals surface area contributed by atoms with Crippen molar-refractivity contribution in [3.05, 3.63) is 102 Å². The van der Waals surface area contributed by atoms with Crippen LogP contribution in [0.5, 0.6) is 5.75 Å². The summed E-state index contributed by atoms with van der Waals surface area (Å²) in [5, 5.41) is 2.92. The molecule has 3 aromatic rings. The molecular weight excluding hydrogens is 385 g/mol. The Bertz CT molecular complexity index is 946. The lowest BCUT2D eigenvalue weighted by atomic mass is 9.99. The highest BCUT2D eigenvalue weighted by Crippen LogP contribution is 2.18. The fourth-order valence-corrected chi connectivity index (χ4v) is 2.88. The summed E-state index contributed by atoms with van der Waals surface area (Å²) in [5.74, 6) is -1.15. The number of halogens is 1. The monoisotopic (exact) mass is 407 g/mol. The van der Waals surface area contributed by atoms with E-state index in [1.807, 2.05) is 60.7 Å². The third-order valence-corrected chi connectivity index (χ3v) is 4.35. The fraction of sp³-hybridized carbons (Fsp3) is 0.167. The summed E-state index contributed by atoms with van der Waals surface area (Å²) in [4.78, 5) is 24.2. The van der Waals surface area contributed by atoms with Gasteiger partial charge in [0.1, 0.15) is 11.6 Å². The predicted octanol–water partition coefficient (Wildman–Crippen LogP) is 3.85. The second-order valence-electron chi connectivity index (χ2n) is 6.62. The van der Waals surface area contributed by atoms with Crippen LogP contribution in [0.3, 0.4) is 0 Å². The van der Waals surface area contributed by atoms with Gasteiger partial charge in [-0.1, -0.05) is 60.7 Å². The van der Waals surface area contributed by atoms with E-state index in [1.165, 1.54) is 24.3 Å². The molecule has 1 N–H and O–H groups in total. The van der Waals surface area contributed by atoms with Crippen molar-refractivity contribution in [1.82, 2.24) is 5.32 Å². The van der Waals surface area contributed by atoms with Crippen molar-refractivity contribution >= 4 is 11.9 Å². The van der Waals surface area contributed by atoms with Gasteiger partial charge in [0.25, 0.3) is 5.91 Å². The number of carbonyl (C=O) groups is 2. The Kier molecular flexibility index (Phi) is 7.55. The number of esters is 1. The summed E-state index contributed by atoms with van der Waals surface area (Å²) in [6.45, 7) is -0.783. The van der Waals surface area contributed by atoms with Crippen molar-refractivity contribution in [3.63, 3.8) is 0 Å². The molecule has 1 amide bonds. The van der Waals surface area contributed by atoms with Crippen LogP contribution in [0.15, 0.2) is 84.9 Å². The minimum Gasteiger partial charge on any atom is -0.482 e. The molecule has 5 nitrogen and oxygen atoms in total. The summed E-state index contributed by atoms with van der Waals surface area (Å²) in [7, 11) is 0. The zero-order chi connectivity index (χ0) is 21.2. The summed E-state index contributed by atoms with van der Waals surface area (Å²) < 4.78 is 23.1. The van der Waals surface area contributed by atoms with Gasteiger partial charge in [0.15, 0.2) is 13.2 Å². The van der Waals surface area contributed by atoms with Gasteiger partial charge in [0.05, 0.1) is 6.04 Å². The Morgan fingerprint density at radius 2 is 1.47 bits per heavy atom. The Morgan fingerprint density at radius 3 is 2.13 bits per heavy atom. The molecule has 6 heteroatoms. The lowest BCUT2D eigenvalue weighted by molar-refractivity contribution is -0.150. The number of nitrogens with one attached hydrogen (secondary N) is 1. The van der Waals surface area contributed by atoms with Gasteiger partial charge in [0, 0.05) is 0 Å². The van der Waals surface area contributed by atoms with Crippen LogP contribution in [-0.4, -0.2) is 25.1 Å². The van der Waals surface area contributed by atoms with Gasteiger partial charge >= 0.3 is 5.97 Å². The van der Waals surface area contributed by atoms with Crippen LogP contribution in [0.2, 0.25) is 0 Å². The maximum absolute atomic E-state index is 12.9. The highest BCUT2D eigenvalue weighted by molar-refractivity contribution is 5.81. The number of carbonyl (C=O) groups excluding carboxylic acids is 2. The first-order valence-electron chi connectivity index (χ1n) is 9.52. The van der Waals surface area contributed by atoms with Gasteiger partial charge in [0.2, 0.25) is 0 Å². The number of hydrogen-bond acceptors (Lipinski definition) is 4. The Balaban J connectivity index is 1.51. The average molecular weight is 407 g/mol. The van der Waals surface area contributed by atoms with E-state index in [2.05, 4.69) is 5.32 Å². The van der Waals surface area contributed by atoms with Gasteiger partial charge in [-0.25, -0.2) is 9.18 Å². The molecule has 0 aliphatic heterocycles. The standard InChI is InChI=1S/C24H22FNO4/c25-20-11-13-21(14-12-20)29-17-24(28)30-16-23(27)26-22(19-9-5-2-6-10-19)15-18-7-3-1-4-8-18/h1-14,22H,15-17H2,(H,26,27)/t22-/m0/s1. The minimum absolute atomic E-state index is 0.254. The number of rotatable bonds is 9. The maximum Gasteiger partial charge on any atom is 0.344 e. The first-order valence-corrected chi connectivity index (χ1v) is 9.52. The Hall–Kier alpha value is -3.67. The summed E-state index contributed by atoms with van der Waals surface area (Å²) in [5.41, 5.74) is 2.04. The zero-order valence-electron chi connectivity index (χ0n) is 16.3. The smallest absolute Gasteiger partial charge is 0.344 e. The van der Waals surface area contributed by atoms with E-state index in [9.17, 15) is 14.0 Å². The van der Waals surface area contributed by atoms with Gasteiger partial charge in [-0.05, 0) is 41.8 Å². The maximum atomic E-state index is 12.9. The molecule has 0 heterocycles. The zero-order valence-corrected chi connectivity index (χ0v) is 16.3. The Labute approximate surface area is 174 Å². The lowest BCUT2D eigenvalue weighted by Gasteiger charge is -2.19. The van der Waals surface area contributed by atoms with Crippen molar-refractivity contribution in [2.75, 3.05) is 13.2 Å². The molecule has 0 saturated carbocycles. The molecule has 0 radical (unpaired) electrons. The van der Waals surface area contributed by atoms with E-state index in [4.69, 9.17) is 9.47 Å². The van der Waals surface area contributed by atoms with Crippen molar-refractivity contribution < 1.29 is 23.5 Å². The van der Waals surface area contributed by atoms with Gasteiger partial charge < -0.3 is 14.8 Å². The third-order valence-electron chi connectivity index (χ3n) is 4.35. The fourth-order valence-electron chi connectivity index (χ4n) is 2.88. The van der Waals surface area contributed by atoms with Crippen LogP contribution in [0.1, 0.15) is 17.2 Å². The van der Waals surface area contributed by atoms with Crippen LogP contribution in [0.25, 0.3) is 0 Å². The van der Waals surface area contributed by atoms with Crippen LogP contribution >= 0.6 is 0 Å². The Morgan fingerprint density at radius 1 is 0.833 bits per heavy atom. The van der Waals surface area contributed by atoms with Crippen molar-refractivity contribution in [3.8, 4) is 5.75 Å². The van der Waals surface area contributed by atoms with Crippen molar-refractivity contribution in [2.24, 2.45) is 0 Å². The molecule has 1 atom stereocenters. The number of ether oxygens (including phenoxy) is 2. The molecule has 0 bridgehead atoms. The second-order valence-corrected chi connectivity index (χ2v) is 6.62. The largest absolute Gasteiger partial charge is 0.482 e. The average Bonchev–Trinajstić information content (AvgIpc) is 2.78. The van der Waals surface area contributed by atoms with Crippen LogP contribution in [-0.2, 0) is 20.7 Å². The minimum atomic E-state index is -0.686. The molecule has 30 heavy (non-hydrogen) atoms. The summed E-state index contributed by atoms with van der Waals surface area (Å²) in [6, 6.07) is 24.4. The molecule has 0 aliphatic rings. The predicted molar refractivity (Wildman–Crippen MR) is 110 cm³/mol. The molecule has 0 saturated heterocycles. The van der Waals surface area contributed by atoms with Crippen molar-refractivity contribution in [2.45, 2.75) is 12.5 Å². The van der Waals surface area contributed by atoms with E-state index in [-0.39, 0.29) is 12.6 Å². The first kappa shape index (κ1) is 21.0. The lowest BCUT2D eigenvalue weighted by Crippen LogP contribution is -2.34. The van der Waals surface area contributed by atoms with Gasteiger partial charge in [-0.3, -0.25) is 4.79 Å². The molecule has 3 aromatic carbocycles. The molecule has 0 aromatic heterocycles. The highest BCUT2D eigenvalue weighted by Gasteiger charge is 2.16. The van der Waals surface area contributed by atoms with E-state index in [0.29, 0.717) is 12.2 Å². The number of hydrogen-bond donors (Lipinski definition) is 1.